The second-order valence-electron chi connectivity index (χ2n) is 7.21. The molecule has 144 valence electrons. The van der Waals surface area contributed by atoms with Gasteiger partial charge in [0.25, 0.3) is 0 Å². The molecular formula is C20H38N4O. The number of nitrogens with one attached hydrogen (secondary N) is 2. The first-order valence-electron chi connectivity index (χ1n) is 9.70. The Hall–Kier alpha value is -1.33. The van der Waals surface area contributed by atoms with Crippen LogP contribution < -0.4 is 10.6 Å². The molecule has 1 rings (SSSR count). The van der Waals surface area contributed by atoms with Crippen molar-refractivity contribution in [1.82, 2.24) is 15.5 Å². The van der Waals surface area contributed by atoms with Crippen LogP contribution in [0.5, 0.6) is 0 Å². The summed E-state index contributed by atoms with van der Waals surface area (Å²) in [6.45, 7) is 17.6. The molecule has 25 heavy (non-hydrogen) atoms. The summed E-state index contributed by atoms with van der Waals surface area (Å²) < 4.78 is 0. The van der Waals surface area contributed by atoms with Gasteiger partial charge in [-0.25, -0.2) is 0 Å². The summed E-state index contributed by atoms with van der Waals surface area (Å²) in [7, 11) is 0. The van der Waals surface area contributed by atoms with Gasteiger partial charge in [-0.05, 0) is 38.5 Å². The highest BCUT2D eigenvalue weighted by molar-refractivity contribution is 5.80. The average Bonchev–Trinajstić information content (AvgIpc) is 2.57. The topological polar surface area (TPSA) is 59.9 Å². The van der Waals surface area contributed by atoms with Crippen LogP contribution in [0.2, 0.25) is 0 Å². The van der Waals surface area contributed by atoms with E-state index in [0.717, 1.165) is 57.8 Å². The second kappa shape index (κ2) is 12.1. The summed E-state index contributed by atoms with van der Waals surface area (Å²) in [6, 6.07) is 0.746. The lowest BCUT2D eigenvalue weighted by Gasteiger charge is -2.32. The van der Waals surface area contributed by atoms with Crippen molar-refractivity contribution < 1.29 is 5.11 Å². The van der Waals surface area contributed by atoms with E-state index in [9.17, 15) is 5.11 Å². The van der Waals surface area contributed by atoms with E-state index in [2.05, 4.69) is 49.5 Å². The molecule has 0 aliphatic heterocycles. The Balaban J connectivity index is 2.73. The zero-order valence-corrected chi connectivity index (χ0v) is 16.4. The second-order valence-corrected chi connectivity index (χ2v) is 7.21. The van der Waals surface area contributed by atoms with E-state index < -0.39 is 0 Å². The first kappa shape index (κ1) is 21.7. The number of hydrogen-bond acceptors (Lipinski definition) is 3. The van der Waals surface area contributed by atoms with E-state index in [-0.39, 0.29) is 6.10 Å². The summed E-state index contributed by atoms with van der Waals surface area (Å²) in [5, 5.41) is 16.6. The minimum Gasteiger partial charge on any atom is -0.393 e. The molecular weight excluding hydrogens is 312 g/mol. The van der Waals surface area contributed by atoms with Gasteiger partial charge < -0.3 is 15.7 Å². The van der Waals surface area contributed by atoms with Crippen LogP contribution in [-0.2, 0) is 0 Å². The Bertz CT molecular complexity index is 404. The third-order valence-corrected chi connectivity index (χ3v) is 4.78. The maximum Gasteiger partial charge on any atom is 0.191 e. The first-order chi connectivity index (χ1) is 12.0. The number of hydrogen-bond donors (Lipinski definition) is 3. The average molecular weight is 351 g/mol. The minimum absolute atomic E-state index is 0.130. The van der Waals surface area contributed by atoms with E-state index in [4.69, 9.17) is 4.99 Å². The summed E-state index contributed by atoms with van der Waals surface area (Å²) in [4.78, 5) is 7.22. The van der Waals surface area contributed by atoms with E-state index in [1.54, 1.807) is 0 Å². The maximum absolute atomic E-state index is 9.67. The Kier molecular flexibility index (Phi) is 10.5. The van der Waals surface area contributed by atoms with Crippen LogP contribution >= 0.6 is 0 Å². The minimum atomic E-state index is -0.130. The number of aliphatic hydroxyl groups excluding tert-OH is 1. The Morgan fingerprint density at radius 3 is 2.28 bits per heavy atom. The van der Waals surface area contributed by atoms with Gasteiger partial charge in [0, 0.05) is 31.7 Å². The molecule has 5 heteroatoms. The molecule has 0 aromatic carbocycles. The Morgan fingerprint density at radius 2 is 1.80 bits per heavy atom. The molecule has 0 saturated heterocycles. The Morgan fingerprint density at radius 1 is 1.20 bits per heavy atom. The lowest BCUT2D eigenvalue weighted by Crippen LogP contribution is -2.47. The molecule has 0 aromatic rings. The van der Waals surface area contributed by atoms with Crippen molar-refractivity contribution in [3.05, 3.63) is 25.3 Å². The lowest BCUT2D eigenvalue weighted by atomic mass is 9.93. The number of aliphatic imine (C=N–C) groups is 1. The van der Waals surface area contributed by atoms with E-state index in [0.29, 0.717) is 18.0 Å². The summed E-state index contributed by atoms with van der Waals surface area (Å²) in [5.41, 5.74) is 0. The first-order valence-corrected chi connectivity index (χ1v) is 9.70. The third kappa shape index (κ3) is 8.06. The van der Waals surface area contributed by atoms with Crippen molar-refractivity contribution in [3.63, 3.8) is 0 Å². The van der Waals surface area contributed by atoms with E-state index in [1.807, 2.05) is 12.2 Å². The highest BCUT2D eigenvalue weighted by Crippen LogP contribution is 2.18. The van der Waals surface area contributed by atoms with Crippen LogP contribution in [0.4, 0.5) is 0 Å². The SMILES string of the molecule is C=CCN(CC=C)C(CN=C(NCC)NC1CCC(O)CC1)C(C)C. The number of guanidine groups is 1. The molecule has 1 saturated carbocycles. The molecule has 5 nitrogen and oxygen atoms in total. The van der Waals surface area contributed by atoms with Crippen LogP contribution in [0, 0.1) is 5.92 Å². The van der Waals surface area contributed by atoms with Gasteiger partial charge in [0.1, 0.15) is 0 Å². The summed E-state index contributed by atoms with van der Waals surface area (Å²) in [5.74, 6) is 1.38. The molecule has 1 aliphatic carbocycles. The van der Waals surface area contributed by atoms with E-state index >= 15 is 0 Å². The van der Waals surface area contributed by atoms with Gasteiger partial charge in [0.15, 0.2) is 5.96 Å². The van der Waals surface area contributed by atoms with Crippen molar-refractivity contribution in [2.24, 2.45) is 10.9 Å². The monoisotopic (exact) mass is 350 g/mol. The molecule has 1 fully saturated rings. The maximum atomic E-state index is 9.67. The molecule has 0 amide bonds. The lowest BCUT2D eigenvalue weighted by molar-refractivity contribution is 0.120. The third-order valence-electron chi connectivity index (χ3n) is 4.78. The Labute approximate surface area is 154 Å². The molecule has 0 spiro atoms. The summed E-state index contributed by atoms with van der Waals surface area (Å²) in [6.07, 6.45) is 7.50. The molecule has 3 N–H and O–H groups in total. The van der Waals surface area contributed by atoms with Crippen molar-refractivity contribution >= 4 is 5.96 Å². The van der Waals surface area contributed by atoms with Crippen molar-refractivity contribution in [1.29, 1.82) is 0 Å². The quantitative estimate of drug-likeness (QED) is 0.322. The van der Waals surface area contributed by atoms with Crippen molar-refractivity contribution in [2.45, 2.75) is 64.6 Å². The normalized spacial score (nSPS) is 22.7. The molecule has 1 unspecified atom stereocenters. The van der Waals surface area contributed by atoms with Gasteiger partial charge in [0.05, 0.1) is 12.6 Å². The smallest absolute Gasteiger partial charge is 0.191 e. The fourth-order valence-corrected chi connectivity index (χ4v) is 3.34. The molecule has 0 bridgehead atoms. The van der Waals surface area contributed by atoms with Gasteiger partial charge in [-0.2, -0.15) is 0 Å². The molecule has 1 aliphatic rings. The molecule has 1 atom stereocenters. The van der Waals surface area contributed by atoms with Crippen LogP contribution in [0.3, 0.4) is 0 Å². The standard InChI is InChI=1S/C20H38N4O/c1-6-13-24(14-7-2)19(16(4)5)15-22-20(21-8-3)23-17-9-11-18(25)12-10-17/h6-7,16-19,25H,1-2,8-15H2,3-5H3,(H2,21,22,23). The largest absolute Gasteiger partial charge is 0.393 e. The van der Waals surface area contributed by atoms with Gasteiger partial charge in [-0.1, -0.05) is 26.0 Å². The zero-order valence-electron chi connectivity index (χ0n) is 16.4. The van der Waals surface area contributed by atoms with E-state index in [1.165, 1.54) is 0 Å². The molecule has 0 heterocycles. The van der Waals surface area contributed by atoms with Gasteiger partial charge >= 0.3 is 0 Å². The highest BCUT2D eigenvalue weighted by Gasteiger charge is 2.22. The van der Waals surface area contributed by atoms with Gasteiger partial charge in [-0.3, -0.25) is 9.89 Å². The van der Waals surface area contributed by atoms with Crippen LogP contribution in [0.1, 0.15) is 46.5 Å². The van der Waals surface area contributed by atoms with Crippen LogP contribution in [0.15, 0.2) is 30.3 Å². The number of aliphatic hydroxyl groups is 1. The van der Waals surface area contributed by atoms with Crippen LogP contribution in [0.25, 0.3) is 0 Å². The van der Waals surface area contributed by atoms with Gasteiger partial charge in [-0.15, -0.1) is 13.2 Å². The molecule has 0 radical (unpaired) electrons. The number of rotatable bonds is 10. The number of nitrogens with zero attached hydrogens (tertiary/aromatic N) is 2. The predicted molar refractivity (Wildman–Crippen MR) is 108 cm³/mol. The summed E-state index contributed by atoms with van der Waals surface area (Å²) >= 11 is 0. The highest BCUT2D eigenvalue weighted by atomic mass is 16.3. The zero-order chi connectivity index (χ0) is 18.7. The van der Waals surface area contributed by atoms with Crippen molar-refractivity contribution in [3.8, 4) is 0 Å². The van der Waals surface area contributed by atoms with Crippen molar-refractivity contribution in [2.75, 3.05) is 26.2 Å². The fourth-order valence-electron chi connectivity index (χ4n) is 3.34. The molecule has 0 aromatic heterocycles. The van der Waals surface area contributed by atoms with Gasteiger partial charge in [0.2, 0.25) is 0 Å². The fraction of sp³-hybridized carbons (Fsp3) is 0.750. The predicted octanol–water partition coefficient (Wildman–Crippen LogP) is 2.54. The van der Waals surface area contributed by atoms with Crippen LogP contribution in [-0.4, -0.2) is 60.3 Å².